The Morgan fingerprint density at radius 1 is 1.14 bits per heavy atom. The molecule has 2 rings (SSSR count). The molecule has 0 spiro atoms. The van der Waals surface area contributed by atoms with E-state index in [1.807, 2.05) is 36.1 Å². The highest BCUT2D eigenvalue weighted by atomic mass is 35.5. The molecule has 0 bridgehead atoms. The average Bonchev–Trinajstić information content (AvgIpc) is 2.37. The lowest BCUT2D eigenvalue weighted by molar-refractivity contribution is -0.148. The number of nitrogens with zero attached hydrogens (tertiary/aromatic N) is 1. The topological polar surface area (TPSA) is 15.3 Å². The molecule has 1 aliphatic rings. The van der Waals surface area contributed by atoms with Crippen molar-refractivity contribution in [3.63, 3.8) is 0 Å². The van der Waals surface area contributed by atoms with Gasteiger partial charge in [0.2, 0.25) is 0 Å². The number of hydrogen-bond donors (Lipinski definition) is 1. The van der Waals surface area contributed by atoms with E-state index in [9.17, 15) is 13.2 Å². The van der Waals surface area contributed by atoms with E-state index in [-0.39, 0.29) is 24.8 Å². The van der Waals surface area contributed by atoms with Gasteiger partial charge in [-0.05, 0) is 18.1 Å². The summed E-state index contributed by atoms with van der Waals surface area (Å²) < 4.78 is 38.5. The standard InChI is InChI=1S/C14H19F3N2.2ClH/c1-11-4-2-3-5-12(11)13(10-14(15,16)17)19-8-6-18-7-9-19;;/h2-5,13,18H,6-10H2,1H3;2*1H/t13-;;/m0../s1. The number of rotatable bonds is 3. The van der Waals surface area contributed by atoms with Crippen LogP contribution in [0.25, 0.3) is 0 Å². The van der Waals surface area contributed by atoms with E-state index < -0.39 is 18.6 Å². The molecule has 1 saturated heterocycles. The molecule has 2 nitrogen and oxygen atoms in total. The maximum absolute atomic E-state index is 12.8. The summed E-state index contributed by atoms with van der Waals surface area (Å²) in [6.45, 7) is 4.70. The monoisotopic (exact) mass is 344 g/mol. The molecule has 1 aliphatic heterocycles. The fourth-order valence-electron chi connectivity index (χ4n) is 2.61. The van der Waals surface area contributed by atoms with Gasteiger partial charge in [0.25, 0.3) is 0 Å². The maximum Gasteiger partial charge on any atom is 0.390 e. The van der Waals surface area contributed by atoms with Gasteiger partial charge in [-0.25, -0.2) is 0 Å². The van der Waals surface area contributed by atoms with Crippen LogP contribution in [0.1, 0.15) is 23.6 Å². The normalized spacial score (nSPS) is 17.5. The minimum atomic E-state index is -4.14. The number of aryl methyl sites for hydroxylation is 1. The quantitative estimate of drug-likeness (QED) is 0.898. The molecule has 0 saturated carbocycles. The van der Waals surface area contributed by atoms with Crippen LogP contribution in [-0.4, -0.2) is 37.3 Å². The molecule has 0 aromatic heterocycles. The van der Waals surface area contributed by atoms with Crippen LogP contribution in [0.4, 0.5) is 13.2 Å². The van der Waals surface area contributed by atoms with Gasteiger partial charge in [-0.3, -0.25) is 4.90 Å². The van der Waals surface area contributed by atoms with Crippen LogP contribution in [0.5, 0.6) is 0 Å². The van der Waals surface area contributed by atoms with Crippen LogP contribution < -0.4 is 5.32 Å². The van der Waals surface area contributed by atoms with Gasteiger partial charge in [-0.2, -0.15) is 13.2 Å². The first kappa shape index (κ1) is 20.5. The molecule has 21 heavy (non-hydrogen) atoms. The molecule has 0 radical (unpaired) electrons. The summed E-state index contributed by atoms with van der Waals surface area (Å²) in [7, 11) is 0. The minimum absolute atomic E-state index is 0. The van der Waals surface area contributed by atoms with Gasteiger partial charge in [0, 0.05) is 32.2 Å². The Morgan fingerprint density at radius 2 is 1.71 bits per heavy atom. The van der Waals surface area contributed by atoms with Crippen LogP contribution in [0, 0.1) is 6.92 Å². The van der Waals surface area contributed by atoms with Crippen LogP contribution in [0.3, 0.4) is 0 Å². The summed E-state index contributed by atoms with van der Waals surface area (Å²) in [4.78, 5) is 1.94. The maximum atomic E-state index is 12.8. The smallest absolute Gasteiger partial charge is 0.314 e. The molecule has 122 valence electrons. The number of nitrogens with one attached hydrogen (secondary N) is 1. The van der Waals surface area contributed by atoms with Crippen LogP contribution in [-0.2, 0) is 0 Å². The van der Waals surface area contributed by atoms with Gasteiger partial charge >= 0.3 is 6.18 Å². The van der Waals surface area contributed by atoms with Gasteiger partial charge in [-0.1, -0.05) is 24.3 Å². The number of benzene rings is 1. The number of halogens is 5. The van der Waals surface area contributed by atoms with Gasteiger partial charge in [0.1, 0.15) is 0 Å². The van der Waals surface area contributed by atoms with Crippen LogP contribution in [0.15, 0.2) is 24.3 Å². The predicted octanol–water partition coefficient (Wildman–Crippen LogP) is 3.74. The van der Waals surface area contributed by atoms with Gasteiger partial charge < -0.3 is 5.32 Å². The highest BCUT2D eigenvalue weighted by Gasteiger charge is 2.36. The van der Waals surface area contributed by atoms with Crippen molar-refractivity contribution in [2.24, 2.45) is 0 Å². The third-order valence-electron chi connectivity index (χ3n) is 3.56. The average molecular weight is 345 g/mol. The molecule has 1 heterocycles. The number of piperazine rings is 1. The molecule has 1 atom stereocenters. The minimum Gasteiger partial charge on any atom is -0.314 e. The molecule has 1 aromatic rings. The van der Waals surface area contributed by atoms with E-state index in [0.717, 1.165) is 24.2 Å². The Labute approximate surface area is 135 Å². The summed E-state index contributed by atoms with van der Waals surface area (Å²) in [6.07, 6.45) is -4.92. The lowest BCUT2D eigenvalue weighted by Gasteiger charge is -2.36. The van der Waals surface area contributed by atoms with Crippen molar-refractivity contribution in [3.05, 3.63) is 35.4 Å². The van der Waals surface area contributed by atoms with Gasteiger partial charge in [0.05, 0.1) is 6.42 Å². The van der Waals surface area contributed by atoms with Crippen molar-refractivity contribution >= 4 is 24.8 Å². The molecule has 1 fully saturated rings. The summed E-state index contributed by atoms with van der Waals surface area (Å²) >= 11 is 0. The summed E-state index contributed by atoms with van der Waals surface area (Å²) in [5, 5.41) is 3.18. The van der Waals surface area contributed by atoms with Gasteiger partial charge in [0.15, 0.2) is 0 Å². The Morgan fingerprint density at radius 3 is 2.24 bits per heavy atom. The van der Waals surface area contributed by atoms with Gasteiger partial charge in [-0.15, -0.1) is 24.8 Å². The molecule has 0 amide bonds. The summed E-state index contributed by atoms with van der Waals surface area (Å²) in [6, 6.07) is 6.80. The SMILES string of the molecule is Cc1ccccc1[C@H](CC(F)(F)F)N1CCNCC1.Cl.Cl. The van der Waals surface area contributed by atoms with E-state index in [2.05, 4.69) is 5.32 Å². The summed E-state index contributed by atoms with van der Waals surface area (Å²) in [5.74, 6) is 0. The molecular formula is C14H21Cl2F3N2. The molecule has 0 aliphatic carbocycles. The lowest BCUT2D eigenvalue weighted by atomic mass is 9.96. The Kier molecular flexibility index (Phi) is 8.63. The van der Waals surface area contributed by atoms with Crippen molar-refractivity contribution in [1.82, 2.24) is 10.2 Å². The molecule has 1 N–H and O–H groups in total. The zero-order valence-electron chi connectivity index (χ0n) is 11.8. The fraction of sp³-hybridized carbons (Fsp3) is 0.571. The first-order valence-electron chi connectivity index (χ1n) is 6.54. The van der Waals surface area contributed by atoms with E-state index in [0.29, 0.717) is 13.1 Å². The molecule has 7 heteroatoms. The lowest BCUT2D eigenvalue weighted by Crippen LogP contribution is -2.46. The second kappa shape index (κ2) is 8.83. The van der Waals surface area contributed by atoms with E-state index >= 15 is 0 Å². The largest absolute Gasteiger partial charge is 0.390 e. The van der Waals surface area contributed by atoms with Crippen molar-refractivity contribution in [1.29, 1.82) is 0 Å². The highest BCUT2D eigenvalue weighted by molar-refractivity contribution is 5.85. The predicted molar refractivity (Wildman–Crippen MR) is 83.5 cm³/mol. The first-order chi connectivity index (χ1) is 8.97. The van der Waals surface area contributed by atoms with Crippen molar-refractivity contribution in [2.75, 3.05) is 26.2 Å². The molecular weight excluding hydrogens is 324 g/mol. The summed E-state index contributed by atoms with van der Waals surface area (Å²) in [5.41, 5.74) is 1.72. The molecule has 1 aromatic carbocycles. The fourth-order valence-corrected chi connectivity index (χ4v) is 2.61. The Bertz CT molecular complexity index is 421. The second-order valence-corrected chi connectivity index (χ2v) is 4.98. The van der Waals surface area contributed by atoms with Crippen LogP contribution in [0.2, 0.25) is 0 Å². The van der Waals surface area contributed by atoms with E-state index in [1.54, 1.807) is 0 Å². The Hall–Kier alpha value is -0.490. The highest BCUT2D eigenvalue weighted by Crippen LogP contribution is 2.35. The number of hydrogen-bond acceptors (Lipinski definition) is 2. The first-order valence-corrected chi connectivity index (χ1v) is 6.54. The van der Waals surface area contributed by atoms with E-state index in [4.69, 9.17) is 0 Å². The van der Waals surface area contributed by atoms with Crippen molar-refractivity contribution in [3.8, 4) is 0 Å². The van der Waals surface area contributed by atoms with E-state index in [1.165, 1.54) is 0 Å². The van der Waals surface area contributed by atoms with Crippen molar-refractivity contribution in [2.45, 2.75) is 25.6 Å². The third-order valence-corrected chi connectivity index (χ3v) is 3.56. The van der Waals surface area contributed by atoms with Crippen LogP contribution >= 0.6 is 24.8 Å². The number of alkyl halides is 3. The zero-order valence-corrected chi connectivity index (χ0v) is 13.5. The zero-order chi connectivity index (χ0) is 13.9. The van der Waals surface area contributed by atoms with Crippen molar-refractivity contribution < 1.29 is 13.2 Å². The third kappa shape index (κ3) is 6.02. The Balaban J connectivity index is 0.00000200. The second-order valence-electron chi connectivity index (χ2n) is 4.98. The molecule has 0 unspecified atom stereocenters.